The van der Waals surface area contributed by atoms with Crippen molar-refractivity contribution >= 4 is 44.0 Å². The van der Waals surface area contributed by atoms with Crippen molar-refractivity contribution in [3.8, 4) is 17.2 Å². The summed E-state index contributed by atoms with van der Waals surface area (Å²) in [6, 6.07) is 30.0. The van der Waals surface area contributed by atoms with Gasteiger partial charge in [-0.2, -0.15) is 0 Å². The summed E-state index contributed by atoms with van der Waals surface area (Å²) in [7, 11) is -2.98. The van der Waals surface area contributed by atoms with Crippen LogP contribution in [0.5, 0.6) is 17.2 Å². The Morgan fingerprint density at radius 3 is 2.40 bits per heavy atom. The van der Waals surface area contributed by atoms with E-state index in [9.17, 15) is 28.4 Å². The second-order valence-electron chi connectivity index (χ2n) is 21.9. The molecule has 4 heterocycles. The van der Waals surface area contributed by atoms with Gasteiger partial charge in [0.1, 0.15) is 34.3 Å². The number of alkyl halides is 1. The van der Waals surface area contributed by atoms with Crippen LogP contribution < -0.4 is 24.4 Å². The SMILES string of the molecule is COc1ccc(CN2CCN(C3CC4(CCN(c5ccc(C(=O)NS(=O)(=O)c6ccc(NCC7(F)CCC(C)(O)CC7)c([N+](=O)[O-])c6)c(Oc6cnc7[nH]ccc7c6)c5)CC4)C3)[C@H](c3ccccc3C(C)C)C2)cc1. The molecule has 10 rings (SSSR count). The first-order valence-corrected chi connectivity index (χ1v) is 27.6. The maximum absolute atomic E-state index is 15.6. The summed E-state index contributed by atoms with van der Waals surface area (Å²) in [4.78, 5) is 40.2. The number of benzene rings is 4. The summed E-state index contributed by atoms with van der Waals surface area (Å²) < 4.78 is 57.2. The van der Waals surface area contributed by atoms with Crippen molar-refractivity contribution in [1.29, 1.82) is 0 Å². The molecule has 2 saturated heterocycles. The number of carbonyl (C=O) groups is 1. The van der Waals surface area contributed by atoms with Crippen molar-refractivity contribution in [1.82, 2.24) is 24.5 Å². The average molecular weight is 1040 g/mol. The number of sulfonamides is 1. The zero-order chi connectivity index (χ0) is 52.7. The Morgan fingerprint density at radius 2 is 1.68 bits per heavy atom. The van der Waals surface area contributed by atoms with Crippen LogP contribution in [0.3, 0.4) is 0 Å². The largest absolute Gasteiger partial charge is 0.497 e. The lowest BCUT2D eigenvalue weighted by molar-refractivity contribution is -0.384. The predicted molar refractivity (Wildman–Crippen MR) is 287 cm³/mol. The van der Waals surface area contributed by atoms with Gasteiger partial charge in [0, 0.05) is 87.3 Å². The highest BCUT2D eigenvalue weighted by molar-refractivity contribution is 7.90. The van der Waals surface area contributed by atoms with Crippen molar-refractivity contribution in [3.63, 3.8) is 0 Å². The fraction of sp³-hybridized carbons (Fsp3) is 0.439. The molecule has 4 aromatic carbocycles. The van der Waals surface area contributed by atoms with Gasteiger partial charge in [0.05, 0.1) is 34.3 Å². The molecule has 0 radical (unpaired) electrons. The highest BCUT2D eigenvalue weighted by Crippen LogP contribution is 2.53. The number of carbonyl (C=O) groups excluding carboxylic acids is 1. The normalized spacial score (nSPS) is 22.5. The third-order valence-corrected chi connectivity index (χ3v) is 17.7. The molecule has 16 nitrogen and oxygen atoms in total. The first-order valence-electron chi connectivity index (χ1n) is 26.1. The number of rotatable bonds is 16. The number of nitrogens with zero attached hydrogens (tertiary/aromatic N) is 5. The fourth-order valence-electron chi connectivity index (χ4n) is 11.8. The van der Waals surface area contributed by atoms with E-state index in [1.807, 2.05) is 18.2 Å². The zero-order valence-corrected chi connectivity index (χ0v) is 43.9. The van der Waals surface area contributed by atoms with Crippen LogP contribution >= 0.6 is 0 Å². The lowest BCUT2D eigenvalue weighted by Gasteiger charge is -2.58. The van der Waals surface area contributed by atoms with E-state index in [1.165, 1.54) is 35.0 Å². The van der Waals surface area contributed by atoms with Crippen molar-refractivity contribution in [2.75, 3.05) is 56.6 Å². The summed E-state index contributed by atoms with van der Waals surface area (Å²) >= 11 is 0. The van der Waals surface area contributed by atoms with E-state index >= 15 is 4.39 Å². The molecule has 4 fully saturated rings. The molecule has 2 aromatic heterocycles. The molecule has 396 valence electrons. The van der Waals surface area contributed by atoms with E-state index in [2.05, 4.69) is 85.0 Å². The number of piperidine rings is 1. The lowest BCUT2D eigenvalue weighted by Crippen LogP contribution is -2.60. The van der Waals surface area contributed by atoms with E-state index in [0.717, 1.165) is 93.9 Å². The molecular weight excluding hydrogens is 976 g/mol. The van der Waals surface area contributed by atoms with Gasteiger partial charge in [-0.1, -0.05) is 50.2 Å². The molecule has 2 aliphatic heterocycles. The number of hydrogen-bond donors (Lipinski definition) is 4. The van der Waals surface area contributed by atoms with Crippen LogP contribution in [-0.4, -0.2) is 108 Å². The number of aromatic amines is 1. The first-order chi connectivity index (χ1) is 35.9. The number of H-pyrrole nitrogens is 1. The Kier molecular flexibility index (Phi) is 14.4. The number of aliphatic hydroxyl groups is 1. The monoisotopic (exact) mass is 1040 g/mol. The van der Waals surface area contributed by atoms with Gasteiger partial charge >= 0.3 is 0 Å². The number of piperazine rings is 1. The summed E-state index contributed by atoms with van der Waals surface area (Å²) in [5, 5.41) is 26.1. The number of nitro benzene ring substituents is 1. The quantitative estimate of drug-likeness (QED) is 0.0529. The predicted octanol–water partition coefficient (Wildman–Crippen LogP) is 10.3. The second-order valence-corrected chi connectivity index (χ2v) is 23.6. The number of methoxy groups -OCH3 is 1. The molecule has 6 aromatic rings. The molecule has 18 heteroatoms. The maximum Gasteiger partial charge on any atom is 0.293 e. The van der Waals surface area contributed by atoms with Crippen molar-refractivity contribution in [2.45, 2.75) is 113 Å². The third-order valence-electron chi connectivity index (χ3n) is 16.4. The van der Waals surface area contributed by atoms with Crippen LogP contribution in [0.15, 0.2) is 114 Å². The van der Waals surface area contributed by atoms with Crippen molar-refractivity contribution in [3.05, 3.63) is 142 Å². The van der Waals surface area contributed by atoms with Gasteiger partial charge in [-0.25, -0.2) is 22.5 Å². The lowest BCUT2D eigenvalue weighted by atomic mass is 9.59. The minimum absolute atomic E-state index is 0.0601. The Morgan fingerprint density at radius 1 is 0.933 bits per heavy atom. The highest BCUT2D eigenvalue weighted by Gasteiger charge is 2.50. The van der Waals surface area contributed by atoms with Gasteiger partial charge in [-0.3, -0.25) is 24.7 Å². The zero-order valence-electron chi connectivity index (χ0n) is 43.1. The Bertz CT molecular complexity index is 3160. The molecule has 1 atom stereocenters. The topological polar surface area (TPSA) is 195 Å². The van der Waals surface area contributed by atoms with Crippen LogP contribution in [-0.2, 0) is 16.6 Å². The second kappa shape index (κ2) is 20.8. The molecule has 4 N–H and O–H groups in total. The smallest absolute Gasteiger partial charge is 0.293 e. The van der Waals surface area contributed by atoms with Crippen LogP contribution in [0.4, 0.5) is 21.5 Å². The number of fused-ring (bicyclic) bond motifs is 1. The molecule has 0 bridgehead atoms. The average Bonchev–Trinajstić information content (AvgIpc) is 3.87. The minimum Gasteiger partial charge on any atom is -0.497 e. The molecule has 2 saturated carbocycles. The maximum atomic E-state index is 15.6. The van der Waals surface area contributed by atoms with Gasteiger partial charge in [0.15, 0.2) is 0 Å². The Balaban J connectivity index is 0.832. The summed E-state index contributed by atoms with van der Waals surface area (Å²) in [5.74, 6) is 0.704. The molecule has 75 heavy (non-hydrogen) atoms. The van der Waals surface area contributed by atoms with Gasteiger partial charge < -0.3 is 29.8 Å². The Hall–Kier alpha value is -6.60. The van der Waals surface area contributed by atoms with E-state index in [4.69, 9.17) is 9.47 Å². The van der Waals surface area contributed by atoms with Crippen LogP contribution in [0.1, 0.15) is 111 Å². The van der Waals surface area contributed by atoms with E-state index in [0.29, 0.717) is 23.4 Å². The summed E-state index contributed by atoms with van der Waals surface area (Å²) in [6.07, 6.45) is 8.11. The molecule has 1 spiro atoms. The third kappa shape index (κ3) is 11.3. The van der Waals surface area contributed by atoms with Crippen molar-refractivity contribution in [2.24, 2.45) is 5.41 Å². The van der Waals surface area contributed by atoms with Crippen LogP contribution in [0, 0.1) is 15.5 Å². The summed E-state index contributed by atoms with van der Waals surface area (Å²) in [5.41, 5.74) is 2.33. The number of ether oxygens (including phenoxy) is 2. The molecule has 4 aliphatic rings. The van der Waals surface area contributed by atoms with E-state index in [1.54, 1.807) is 38.4 Å². The number of halogens is 1. The van der Waals surface area contributed by atoms with E-state index < -0.39 is 42.7 Å². The number of amides is 1. The number of nitrogens with one attached hydrogen (secondary N) is 3. The number of aromatic nitrogens is 2. The Labute approximate surface area is 437 Å². The van der Waals surface area contributed by atoms with Gasteiger partial charge in [0.25, 0.3) is 21.6 Å². The van der Waals surface area contributed by atoms with Crippen molar-refractivity contribution < 1.29 is 37.1 Å². The van der Waals surface area contributed by atoms with Gasteiger partial charge in [-0.05, 0) is 135 Å². The van der Waals surface area contributed by atoms with Crippen LogP contribution in [0.2, 0.25) is 0 Å². The molecule has 2 aliphatic carbocycles. The van der Waals surface area contributed by atoms with Crippen LogP contribution in [0.25, 0.3) is 11.0 Å². The standard InChI is InChI=1S/C57H67FN8O8S/c1-38(2)46-7-5-6-8-47(46)51-36-63(35-39-9-12-43(73-4)13-10-39)27-28-65(51)42-32-56(33-42)22-25-64(26-23-56)41-11-15-48(52(30-41)74-44-29-40-17-24-59-53(40)60-34-44)54(67)62-75(71,72)45-14-16-49(50(31-45)66(69)70)61-37-57(58)20-18-55(3,68)19-21-57/h5-17,24,29-31,34,38,42,51,61,68H,18-23,25-28,32-33,35-37H2,1-4H3,(H,59,60)(H,62,67)/t51-,55?,57?/m0/s1. The number of nitro groups is 1. The van der Waals surface area contributed by atoms with Gasteiger partial charge in [-0.15, -0.1) is 0 Å². The first kappa shape index (κ1) is 51.9. The number of pyridine rings is 1. The summed E-state index contributed by atoms with van der Waals surface area (Å²) in [6.45, 7) is 11.4. The number of anilines is 2. The molecule has 1 amide bonds. The number of hydrogen-bond acceptors (Lipinski definition) is 13. The molecular formula is C57H67FN8O8S. The molecule has 0 unspecified atom stereocenters. The van der Waals surface area contributed by atoms with E-state index in [-0.39, 0.29) is 60.7 Å². The highest BCUT2D eigenvalue weighted by atomic mass is 32.2. The minimum atomic E-state index is -4.67. The van der Waals surface area contributed by atoms with Gasteiger partial charge in [0.2, 0.25) is 0 Å². The fourth-order valence-corrected chi connectivity index (χ4v) is 12.8.